The van der Waals surface area contributed by atoms with Crippen LogP contribution in [0.4, 0.5) is 0 Å². The Kier molecular flexibility index (Phi) is 4.16. The summed E-state index contributed by atoms with van der Waals surface area (Å²) in [6, 6.07) is 5.64. The van der Waals surface area contributed by atoms with Gasteiger partial charge in [-0.15, -0.1) is 0 Å². The van der Waals surface area contributed by atoms with Crippen LogP contribution in [0.25, 0.3) is 0 Å². The van der Waals surface area contributed by atoms with E-state index in [1.807, 2.05) is 0 Å². The Morgan fingerprint density at radius 2 is 1.94 bits per heavy atom. The summed E-state index contributed by atoms with van der Waals surface area (Å²) >= 11 is 0. The van der Waals surface area contributed by atoms with E-state index in [1.165, 1.54) is 24.3 Å². The molecule has 0 atom stereocenters. The minimum atomic E-state index is -3.52. The van der Waals surface area contributed by atoms with Crippen LogP contribution in [0.1, 0.15) is 27.2 Å². The maximum atomic E-state index is 11.8. The lowest BCUT2D eigenvalue weighted by Crippen LogP contribution is -2.27. The third kappa shape index (κ3) is 4.75. The smallest absolute Gasteiger partial charge is 0.240 e. The molecule has 5 heteroatoms. The second-order valence-electron chi connectivity index (χ2n) is 5.21. The van der Waals surface area contributed by atoms with Crippen molar-refractivity contribution in [3.8, 4) is 5.75 Å². The highest BCUT2D eigenvalue weighted by Gasteiger charge is 2.16. The minimum Gasteiger partial charge on any atom is -0.508 e. The first-order valence-corrected chi connectivity index (χ1v) is 6.98. The second-order valence-corrected chi connectivity index (χ2v) is 6.97. The van der Waals surface area contributed by atoms with E-state index in [0.29, 0.717) is 6.54 Å². The van der Waals surface area contributed by atoms with Crippen LogP contribution in [-0.2, 0) is 10.0 Å². The van der Waals surface area contributed by atoms with Gasteiger partial charge in [-0.05, 0) is 30.0 Å². The maximum Gasteiger partial charge on any atom is 0.240 e. The van der Waals surface area contributed by atoms with Crippen molar-refractivity contribution in [1.82, 2.24) is 4.72 Å². The number of aromatic hydroxyl groups is 1. The van der Waals surface area contributed by atoms with Crippen LogP contribution >= 0.6 is 0 Å². The number of phenols is 1. The van der Waals surface area contributed by atoms with Crippen LogP contribution in [0.15, 0.2) is 29.2 Å². The number of phenolic OH excluding ortho intramolecular Hbond substituents is 1. The van der Waals surface area contributed by atoms with E-state index >= 15 is 0 Å². The van der Waals surface area contributed by atoms with Crippen molar-refractivity contribution in [2.45, 2.75) is 32.1 Å². The Balaban J connectivity index is 2.70. The number of hydrogen-bond donors (Lipinski definition) is 2. The Morgan fingerprint density at radius 1 is 1.29 bits per heavy atom. The van der Waals surface area contributed by atoms with Crippen LogP contribution in [0, 0.1) is 5.41 Å². The molecule has 0 heterocycles. The van der Waals surface area contributed by atoms with E-state index in [0.717, 1.165) is 6.42 Å². The van der Waals surface area contributed by atoms with Gasteiger partial charge >= 0.3 is 0 Å². The van der Waals surface area contributed by atoms with Gasteiger partial charge in [-0.25, -0.2) is 13.1 Å². The molecule has 17 heavy (non-hydrogen) atoms. The first-order valence-electron chi connectivity index (χ1n) is 5.49. The van der Waals surface area contributed by atoms with Gasteiger partial charge in [0.05, 0.1) is 4.90 Å². The number of sulfonamides is 1. The van der Waals surface area contributed by atoms with Gasteiger partial charge in [0.2, 0.25) is 10.0 Å². The number of rotatable bonds is 4. The van der Waals surface area contributed by atoms with Crippen molar-refractivity contribution < 1.29 is 13.5 Å². The van der Waals surface area contributed by atoms with Crippen LogP contribution in [0.2, 0.25) is 0 Å². The Labute approximate surface area is 103 Å². The highest BCUT2D eigenvalue weighted by Crippen LogP contribution is 2.19. The summed E-state index contributed by atoms with van der Waals surface area (Å²) in [4.78, 5) is 0.0893. The van der Waals surface area contributed by atoms with E-state index in [9.17, 15) is 13.5 Å². The molecule has 1 aromatic rings. The summed E-state index contributed by atoms with van der Waals surface area (Å²) in [6.07, 6.45) is 0.755. The van der Waals surface area contributed by atoms with Gasteiger partial charge < -0.3 is 5.11 Å². The lowest BCUT2D eigenvalue weighted by atomic mass is 9.93. The highest BCUT2D eigenvalue weighted by atomic mass is 32.2. The predicted octanol–water partition coefficient (Wildman–Crippen LogP) is 2.11. The quantitative estimate of drug-likeness (QED) is 0.868. The highest BCUT2D eigenvalue weighted by molar-refractivity contribution is 7.89. The monoisotopic (exact) mass is 257 g/mol. The molecule has 0 aliphatic rings. The van der Waals surface area contributed by atoms with Gasteiger partial charge in [0, 0.05) is 6.54 Å². The molecule has 0 unspecified atom stereocenters. The summed E-state index contributed by atoms with van der Waals surface area (Å²) in [5, 5.41) is 9.24. The van der Waals surface area contributed by atoms with E-state index in [1.54, 1.807) is 0 Å². The maximum absolute atomic E-state index is 11.8. The zero-order valence-corrected chi connectivity index (χ0v) is 11.2. The molecular weight excluding hydrogens is 238 g/mol. The standard InChI is InChI=1S/C12H19NO3S/c1-12(2,3)7-8-13-17(15,16)11-6-4-5-10(14)9-11/h4-6,9,13-14H,7-8H2,1-3H3. The van der Waals surface area contributed by atoms with Gasteiger partial charge in [0.25, 0.3) is 0 Å². The van der Waals surface area contributed by atoms with Crippen molar-refractivity contribution >= 4 is 10.0 Å². The summed E-state index contributed by atoms with van der Waals surface area (Å²) in [7, 11) is -3.52. The van der Waals surface area contributed by atoms with Crippen LogP contribution < -0.4 is 4.72 Å². The van der Waals surface area contributed by atoms with Gasteiger partial charge in [0.1, 0.15) is 5.75 Å². The molecule has 4 nitrogen and oxygen atoms in total. The Bertz CT molecular complexity index is 475. The van der Waals surface area contributed by atoms with Crippen LogP contribution in [0.3, 0.4) is 0 Å². The summed E-state index contributed by atoms with van der Waals surface area (Å²) in [5.41, 5.74) is 0.0847. The van der Waals surface area contributed by atoms with Crippen LogP contribution in [-0.4, -0.2) is 20.1 Å². The Morgan fingerprint density at radius 3 is 2.47 bits per heavy atom. The zero-order chi connectivity index (χ0) is 13.1. The average molecular weight is 257 g/mol. The van der Waals surface area contributed by atoms with Crippen LogP contribution in [0.5, 0.6) is 5.75 Å². The molecule has 0 saturated carbocycles. The molecule has 1 aromatic carbocycles. The predicted molar refractivity (Wildman–Crippen MR) is 67.4 cm³/mol. The molecule has 96 valence electrons. The number of nitrogens with one attached hydrogen (secondary N) is 1. The van der Waals surface area contributed by atoms with E-state index in [-0.39, 0.29) is 16.1 Å². The average Bonchev–Trinajstić information content (AvgIpc) is 2.15. The summed E-state index contributed by atoms with van der Waals surface area (Å²) in [5.74, 6) is -0.0521. The molecule has 2 N–H and O–H groups in total. The largest absolute Gasteiger partial charge is 0.508 e. The van der Waals surface area contributed by atoms with E-state index < -0.39 is 10.0 Å². The molecule has 0 radical (unpaired) electrons. The third-order valence-corrected chi connectivity index (χ3v) is 3.75. The summed E-state index contributed by atoms with van der Waals surface area (Å²) in [6.45, 7) is 6.54. The molecule has 0 aromatic heterocycles. The van der Waals surface area contributed by atoms with Gasteiger partial charge in [0.15, 0.2) is 0 Å². The van der Waals surface area contributed by atoms with Crippen molar-refractivity contribution in [1.29, 1.82) is 0 Å². The number of benzene rings is 1. The molecule has 0 fully saturated rings. The SMILES string of the molecule is CC(C)(C)CCNS(=O)(=O)c1cccc(O)c1. The zero-order valence-electron chi connectivity index (χ0n) is 10.4. The number of hydrogen-bond acceptors (Lipinski definition) is 3. The van der Waals surface area contributed by atoms with Crippen molar-refractivity contribution in [2.24, 2.45) is 5.41 Å². The molecule has 0 aliphatic carbocycles. The first kappa shape index (κ1) is 14.0. The fraction of sp³-hybridized carbons (Fsp3) is 0.500. The third-order valence-electron chi connectivity index (χ3n) is 2.30. The van der Waals surface area contributed by atoms with E-state index in [4.69, 9.17) is 0 Å². The fourth-order valence-corrected chi connectivity index (χ4v) is 2.37. The molecule has 0 spiro atoms. The van der Waals surface area contributed by atoms with Gasteiger partial charge in [-0.3, -0.25) is 0 Å². The molecule has 0 amide bonds. The molecule has 0 aliphatic heterocycles. The molecule has 0 bridgehead atoms. The van der Waals surface area contributed by atoms with Gasteiger partial charge in [-0.1, -0.05) is 26.8 Å². The lowest BCUT2D eigenvalue weighted by molar-refractivity contribution is 0.378. The Hall–Kier alpha value is -1.07. The molecule has 1 rings (SSSR count). The molecular formula is C12H19NO3S. The topological polar surface area (TPSA) is 66.4 Å². The minimum absolute atomic E-state index is 0.0521. The van der Waals surface area contributed by atoms with Crippen molar-refractivity contribution in [3.63, 3.8) is 0 Å². The van der Waals surface area contributed by atoms with E-state index in [2.05, 4.69) is 25.5 Å². The van der Waals surface area contributed by atoms with Crippen molar-refractivity contribution in [3.05, 3.63) is 24.3 Å². The van der Waals surface area contributed by atoms with Gasteiger partial charge in [-0.2, -0.15) is 0 Å². The normalized spacial score (nSPS) is 12.6. The fourth-order valence-electron chi connectivity index (χ4n) is 1.29. The second kappa shape index (κ2) is 5.06. The summed E-state index contributed by atoms with van der Waals surface area (Å²) < 4.78 is 26.2. The molecule has 0 saturated heterocycles. The lowest BCUT2D eigenvalue weighted by Gasteiger charge is -2.18. The first-order chi connectivity index (χ1) is 7.71. The van der Waals surface area contributed by atoms with Crippen molar-refractivity contribution in [2.75, 3.05) is 6.54 Å².